The summed E-state index contributed by atoms with van der Waals surface area (Å²) in [5, 5.41) is 20.3. The van der Waals surface area contributed by atoms with Crippen LogP contribution in [-0.4, -0.2) is 46.0 Å². The molecule has 1 aliphatic heterocycles. The first kappa shape index (κ1) is 14.7. The van der Waals surface area contributed by atoms with Crippen LogP contribution in [0, 0.1) is 5.82 Å². The lowest BCUT2D eigenvalue weighted by molar-refractivity contribution is -0.137. The highest BCUT2D eigenvalue weighted by Crippen LogP contribution is 2.21. The fraction of sp³-hybridized carbons (Fsp3) is 0.154. The molecule has 0 aliphatic carbocycles. The van der Waals surface area contributed by atoms with Crippen LogP contribution in [0.3, 0.4) is 0 Å². The molecule has 3 N–H and O–H groups in total. The largest absolute Gasteiger partial charge is 0.478 e. The quantitative estimate of drug-likeness (QED) is 0.669. The molecule has 7 nitrogen and oxygen atoms in total. The predicted octanol–water partition coefficient (Wildman–Crippen LogP) is 0.181. The van der Waals surface area contributed by atoms with Crippen LogP contribution in [0.5, 0.6) is 0 Å². The number of anilines is 1. The van der Waals surface area contributed by atoms with Crippen LogP contribution in [0.1, 0.15) is 10.4 Å². The zero-order valence-corrected chi connectivity index (χ0v) is 10.7. The van der Waals surface area contributed by atoms with E-state index in [9.17, 15) is 18.8 Å². The maximum Gasteiger partial charge on any atom is 0.337 e. The summed E-state index contributed by atoms with van der Waals surface area (Å²) in [6, 6.07) is 2.99. The molecule has 0 unspecified atom stereocenters. The Morgan fingerprint density at radius 2 is 2.05 bits per heavy atom. The van der Waals surface area contributed by atoms with Crippen LogP contribution in [0.15, 0.2) is 30.0 Å². The second kappa shape index (κ2) is 5.71. The van der Waals surface area contributed by atoms with E-state index in [4.69, 9.17) is 10.2 Å². The number of amides is 2. The van der Waals surface area contributed by atoms with Crippen molar-refractivity contribution in [2.45, 2.75) is 0 Å². The molecule has 2 amide bonds. The zero-order valence-electron chi connectivity index (χ0n) is 10.7. The highest BCUT2D eigenvalue weighted by molar-refractivity contribution is 6.17. The van der Waals surface area contributed by atoms with Crippen LogP contribution in [0.25, 0.3) is 0 Å². The van der Waals surface area contributed by atoms with Gasteiger partial charge in [-0.1, -0.05) is 0 Å². The van der Waals surface area contributed by atoms with E-state index >= 15 is 0 Å². The Labute approximate surface area is 118 Å². The Hall–Kier alpha value is -2.74. The van der Waals surface area contributed by atoms with Gasteiger partial charge in [0.2, 0.25) is 0 Å². The first-order chi connectivity index (χ1) is 9.93. The van der Waals surface area contributed by atoms with Crippen molar-refractivity contribution in [3.05, 3.63) is 41.4 Å². The summed E-state index contributed by atoms with van der Waals surface area (Å²) in [5.41, 5.74) is -0.513. The molecule has 8 heteroatoms. The fourth-order valence-corrected chi connectivity index (χ4v) is 1.86. The number of halogens is 1. The molecule has 1 aromatic rings. The van der Waals surface area contributed by atoms with Gasteiger partial charge in [-0.05, 0) is 18.2 Å². The topological polar surface area (TPSA) is 107 Å². The predicted molar refractivity (Wildman–Crippen MR) is 68.9 cm³/mol. The van der Waals surface area contributed by atoms with Gasteiger partial charge in [-0.2, -0.15) is 0 Å². The lowest BCUT2D eigenvalue weighted by Gasteiger charge is -2.14. The SMILES string of the molecule is O=C(O)c1cc(F)ccc1NC1=CC(=O)N(CCO)C1=O. The van der Waals surface area contributed by atoms with Gasteiger partial charge in [0.25, 0.3) is 11.8 Å². The average Bonchev–Trinajstić information content (AvgIpc) is 2.68. The minimum absolute atomic E-state index is 0.0119. The Morgan fingerprint density at radius 3 is 2.67 bits per heavy atom. The normalized spacial score (nSPS) is 14.4. The average molecular weight is 294 g/mol. The van der Waals surface area contributed by atoms with Gasteiger partial charge in [-0.25, -0.2) is 9.18 Å². The summed E-state index contributed by atoms with van der Waals surface area (Å²) < 4.78 is 13.1. The van der Waals surface area contributed by atoms with E-state index in [-0.39, 0.29) is 30.1 Å². The van der Waals surface area contributed by atoms with E-state index in [0.29, 0.717) is 0 Å². The number of nitrogens with one attached hydrogen (secondary N) is 1. The Bertz CT molecular complexity index is 656. The number of benzene rings is 1. The molecule has 0 saturated heterocycles. The first-order valence-electron chi connectivity index (χ1n) is 5.92. The molecule has 110 valence electrons. The van der Waals surface area contributed by atoms with Gasteiger partial charge in [0.15, 0.2) is 0 Å². The van der Waals surface area contributed by atoms with E-state index in [1.54, 1.807) is 0 Å². The summed E-state index contributed by atoms with van der Waals surface area (Å²) in [6.45, 7) is -0.538. The third-order valence-electron chi connectivity index (χ3n) is 2.81. The number of aliphatic hydroxyl groups is 1. The molecule has 0 radical (unpaired) electrons. The zero-order chi connectivity index (χ0) is 15.6. The van der Waals surface area contributed by atoms with Gasteiger partial charge >= 0.3 is 5.97 Å². The van der Waals surface area contributed by atoms with E-state index in [2.05, 4.69) is 5.32 Å². The highest BCUT2D eigenvalue weighted by Gasteiger charge is 2.31. The van der Waals surface area contributed by atoms with Crippen molar-refractivity contribution in [1.29, 1.82) is 0 Å². The molecule has 21 heavy (non-hydrogen) atoms. The molecule has 1 heterocycles. The van der Waals surface area contributed by atoms with Crippen molar-refractivity contribution in [3.8, 4) is 0 Å². The molecule has 2 rings (SSSR count). The Kier molecular flexibility index (Phi) is 3.99. The third-order valence-corrected chi connectivity index (χ3v) is 2.81. The molecule has 1 aromatic carbocycles. The number of carboxylic acids is 1. The highest BCUT2D eigenvalue weighted by atomic mass is 19.1. The van der Waals surface area contributed by atoms with Crippen molar-refractivity contribution in [2.24, 2.45) is 0 Å². The second-order valence-corrected chi connectivity index (χ2v) is 4.20. The van der Waals surface area contributed by atoms with Crippen molar-refractivity contribution < 1.29 is 29.0 Å². The second-order valence-electron chi connectivity index (χ2n) is 4.20. The minimum atomic E-state index is -1.37. The molecular weight excluding hydrogens is 283 g/mol. The number of β-amino-alcohol motifs (C(OH)–C–C–N with tert-alkyl or cyclic N) is 1. The van der Waals surface area contributed by atoms with E-state index in [0.717, 1.165) is 29.2 Å². The number of carbonyl (C=O) groups is 3. The van der Waals surface area contributed by atoms with Gasteiger partial charge in [0, 0.05) is 6.08 Å². The smallest absolute Gasteiger partial charge is 0.337 e. The molecule has 1 aliphatic rings. The third kappa shape index (κ3) is 2.90. The Morgan fingerprint density at radius 1 is 1.33 bits per heavy atom. The van der Waals surface area contributed by atoms with Gasteiger partial charge in [0.05, 0.1) is 24.4 Å². The van der Waals surface area contributed by atoms with Gasteiger partial charge in [0.1, 0.15) is 11.5 Å². The summed E-state index contributed by atoms with van der Waals surface area (Å²) in [4.78, 5) is 35.3. The van der Waals surface area contributed by atoms with Crippen molar-refractivity contribution in [1.82, 2.24) is 4.90 Å². The van der Waals surface area contributed by atoms with Crippen molar-refractivity contribution in [2.75, 3.05) is 18.5 Å². The van der Waals surface area contributed by atoms with Crippen LogP contribution in [-0.2, 0) is 9.59 Å². The molecule has 0 saturated carbocycles. The number of aliphatic hydroxyl groups excluding tert-OH is 1. The maximum absolute atomic E-state index is 13.1. The maximum atomic E-state index is 13.1. The molecule has 0 fully saturated rings. The number of hydrogen-bond donors (Lipinski definition) is 3. The van der Waals surface area contributed by atoms with Gasteiger partial charge in [-0.3, -0.25) is 14.5 Å². The number of nitrogens with zero attached hydrogens (tertiary/aromatic N) is 1. The molecule has 0 atom stereocenters. The monoisotopic (exact) mass is 294 g/mol. The summed E-state index contributed by atoms with van der Waals surface area (Å²) in [6.07, 6.45) is 0.993. The molecule has 0 spiro atoms. The van der Waals surface area contributed by atoms with Gasteiger partial charge in [-0.15, -0.1) is 0 Å². The first-order valence-corrected chi connectivity index (χ1v) is 5.92. The van der Waals surface area contributed by atoms with Crippen LogP contribution in [0.2, 0.25) is 0 Å². The lowest BCUT2D eigenvalue weighted by atomic mass is 10.1. The van der Waals surface area contributed by atoms with E-state index in [1.807, 2.05) is 0 Å². The van der Waals surface area contributed by atoms with Crippen molar-refractivity contribution >= 4 is 23.5 Å². The molecule has 0 bridgehead atoms. The van der Waals surface area contributed by atoms with Crippen LogP contribution >= 0.6 is 0 Å². The molecular formula is C13H11FN2O5. The Balaban J connectivity index is 2.28. The van der Waals surface area contributed by atoms with E-state index < -0.39 is 23.6 Å². The number of hydrogen-bond acceptors (Lipinski definition) is 5. The number of aromatic carboxylic acids is 1. The van der Waals surface area contributed by atoms with Crippen LogP contribution in [0.4, 0.5) is 10.1 Å². The number of carbonyl (C=O) groups excluding carboxylic acids is 2. The van der Waals surface area contributed by atoms with Crippen LogP contribution < -0.4 is 5.32 Å². The van der Waals surface area contributed by atoms with Crippen molar-refractivity contribution in [3.63, 3.8) is 0 Å². The summed E-state index contributed by atoms with van der Waals surface area (Å²) >= 11 is 0. The van der Waals surface area contributed by atoms with Gasteiger partial charge < -0.3 is 15.5 Å². The summed E-state index contributed by atoms with van der Waals surface area (Å²) in [5.74, 6) is -3.41. The number of carboxylic acid groups (broad SMARTS) is 1. The number of imide groups is 1. The standard InChI is InChI=1S/C13H11FN2O5/c14-7-1-2-9(8(5-7)13(20)21)15-10-6-11(18)16(3-4-17)12(10)19/h1-2,5-6,15,17H,3-4H2,(H,20,21). The fourth-order valence-electron chi connectivity index (χ4n) is 1.86. The van der Waals surface area contributed by atoms with E-state index in [1.165, 1.54) is 0 Å². The number of rotatable bonds is 5. The minimum Gasteiger partial charge on any atom is -0.478 e. The molecule has 0 aromatic heterocycles. The lowest BCUT2D eigenvalue weighted by Crippen LogP contribution is -2.34. The summed E-state index contributed by atoms with van der Waals surface area (Å²) in [7, 11) is 0.